The average molecular weight is 402 g/mol. The summed E-state index contributed by atoms with van der Waals surface area (Å²) in [7, 11) is 0. The van der Waals surface area contributed by atoms with E-state index in [9.17, 15) is 14.7 Å². The molecule has 4 fully saturated rings. The summed E-state index contributed by atoms with van der Waals surface area (Å²) in [6, 6.07) is 0. The number of rotatable bonds is 3. The monoisotopic (exact) mass is 401 g/mol. The molecule has 0 aromatic heterocycles. The van der Waals surface area contributed by atoms with Gasteiger partial charge in [-0.1, -0.05) is 12.8 Å². The molecule has 4 rings (SSSR count). The van der Waals surface area contributed by atoms with Gasteiger partial charge in [-0.15, -0.1) is 12.4 Å². The minimum atomic E-state index is -0.715. The maximum atomic E-state index is 12.9. The van der Waals surface area contributed by atoms with Crippen molar-refractivity contribution in [1.82, 2.24) is 9.80 Å². The molecule has 0 spiro atoms. The molecule has 2 unspecified atom stereocenters. The van der Waals surface area contributed by atoms with Crippen LogP contribution in [0.3, 0.4) is 0 Å². The quantitative estimate of drug-likeness (QED) is 0.713. The van der Waals surface area contributed by atoms with E-state index in [4.69, 9.17) is 10.5 Å². The van der Waals surface area contributed by atoms with Crippen LogP contribution in [0.1, 0.15) is 38.5 Å². The first-order valence-corrected chi connectivity index (χ1v) is 10.0. The van der Waals surface area contributed by atoms with Gasteiger partial charge >= 0.3 is 0 Å². The number of likely N-dealkylation sites (tertiary alicyclic amines) is 2. The van der Waals surface area contributed by atoms with Crippen LogP contribution in [-0.2, 0) is 14.3 Å². The normalized spacial score (nSPS) is 33.0. The Balaban J connectivity index is 0.00000210. The van der Waals surface area contributed by atoms with E-state index < -0.39 is 5.54 Å². The first kappa shape index (κ1) is 20.8. The number of amides is 2. The van der Waals surface area contributed by atoms with Gasteiger partial charge in [0.15, 0.2) is 0 Å². The number of nitrogens with zero attached hydrogens (tertiary/aromatic N) is 2. The van der Waals surface area contributed by atoms with E-state index in [1.165, 1.54) is 0 Å². The number of ether oxygens (including phenoxy) is 1. The highest BCUT2D eigenvalue weighted by Gasteiger charge is 2.56. The average Bonchev–Trinajstić information content (AvgIpc) is 3.34. The maximum Gasteiger partial charge on any atom is 0.242 e. The van der Waals surface area contributed by atoms with Crippen LogP contribution in [0.4, 0.5) is 0 Å². The lowest BCUT2D eigenvalue weighted by Crippen LogP contribution is -2.54. The summed E-state index contributed by atoms with van der Waals surface area (Å²) in [5.41, 5.74) is 5.26. The van der Waals surface area contributed by atoms with E-state index >= 15 is 0 Å². The number of hydrogen-bond acceptors (Lipinski definition) is 5. The number of carbonyl (C=O) groups excluding carboxylic acids is 2. The summed E-state index contributed by atoms with van der Waals surface area (Å²) in [6.07, 6.45) is 5.11. The standard InChI is InChI=1S/C19H31N3O4.ClH/c20-19(5-1-2-6-19)17(25)22-10-15-9-21(11-18(15,12-22)13-23)16(24)14-3-7-26-8-4-14;/h14-15,23H,1-13,20H2;1H. The van der Waals surface area contributed by atoms with Gasteiger partial charge in [0.2, 0.25) is 11.8 Å². The zero-order chi connectivity index (χ0) is 18.4. The predicted molar refractivity (Wildman–Crippen MR) is 102 cm³/mol. The van der Waals surface area contributed by atoms with Crippen molar-refractivity contribution >= 4 is 24.2 Å². The molecule has 0 bridgehead atoms. The van der Waals surface area contributed by atoms with E-state index in [0.29, 0.717) is 39.4 Å². The van der Waals surface area contributed by atoms with Gasteiger partial charge in [0.05, 0.1) is 12.1 Å². The van der Waals surface area contributed by atoms with Gasteiger partial charge < -0.3 is 25.4 Å². The second-order valence-electron chi connectivity index (χ2n) is 8.87. The van der Waals surface area contributed by atoms with Gasteiger partial charge in [0.25, 0.3) is 0 Å². The molecule has 7 nitrogen and oxygen atoms in total. The minimum absolute atomic E-state index is 0. The number of aliphatic hydroxyl groups is 1. The summed E-state index contributed by atoms with van der Waals surface area (Å²) in [5.74, 6) is 0.422. The van der Waals surface area contributed by atoms with Gasteiger partial charge in [-0.3, -0.25) is 9.59 Å². The van der Waals surface area contributed by atoms with Crippen LogP contribution < -0.4 is 5.73 Å². The highest BCUT2D eigenvalue weighted by Crippen LogP contribution is 2.44. The molecule has 2 atom stereocenters. The minimum Gasteiger partial charge on any atom is -0.396 e. The lowest BCUT2D eigenvalue weighted by atomic mass is 9.82. The van der Waals surface area contributed by atoms with Crippen molar-refractivity contribution in [1.29, 1.82) is 0 Å². The fraction of sp³-hybridized carbons (Fsp3) is 0.895. The van der Waals surface area contributed by atoms with Crippen molar-refractivity contribution in [3.8, 4) is 0 Å². The number of halogens is 1. The molecule has 1 saturated carbocycles. The molecule has 8 heteroatoms. The Kier molecular flexibility index (Phi) is 6.06. The summed E-state index contributed by atoms with van der Waals surface area (Å²) >= 11 is 0. The Morgan fingerprint density at radius 3 is 2.26 bits per heavy atom. The molecule has 4 aliphatic rings. The van der Waals surface area contributed by atoms with Crippen molar-refractivity contribution in [3.05, 3.63) is 0 Å². The zero-order valence-electron chi connectivity index (χ0n) is 15.9. The summed E-state index contributed by atoms with van der Waals surface area (Å²) in [4.78, 5) is 29.6. The molecule has 1 aliphatic carbocycles. The summed E-state index contributed by atoms with van der Waals surface area (Å²) in [6.45, 7) is 3.62. The van der Waals surface area contributed by atoms with Crippen LogP contribution in [0.15, 0.2) is 0 Å². The van der Waals surface area contributed by atoms with Crippen LogP contribution in [0.25, 0.3) is 0 Å². The van der Waals surface area contributed by atoms with E-state index in [0.717, 1.165) is 38.5 Å². The highest BCUT2D eigenvalue weighted by atomic mass is 35.5. The van der Waals surface area contributed by atoms with E-state index in [-0.39, 0.29) is 48.1 Å². The predicted octanol–water partition coefficient (Wildman–Crippen LogP) is 0.386. The van der Waals surface area contributed by atoms with E-state index in [1.54, 1.807) is 0 Å². The summed E-state index contributed by atoms with van der Waals surface area (Å²) in [5, 5.41) is 10.1. The van der Waals surface area contributed by atoms with E-state index in [1.807, 2.05) is 9.80 Å². The Hall–Kier alpha value is -0.890. The van der Waals surface area contributed by atoms with Gasteiger partial charge in [-0.05, 0) is 25.7 Å². The van der Waals surface area contributed by atoms with Crippen molar-refractivity contribution in [2.45, 2.75) is 44.1 Å². The molecule has 2 amide bonds. The smallest absolute Gasteiger partial charge is 0.242 e. The summed E-state index contributed by atoms with van der Waals surface area (Å²) < 4.78 is 5.36. The molecule has 27 heavy (non-hydrogen) atoms. The second kappa shape index (κ2) is 7.85. The lowest BCUT2D eigenvalue weighted by molar-refractivity contribution is -0.139. The van der Waals surface area contributed by atoms with Crippen molar-refractivity contribution in [2.24, 2.45) is 23.0 Å². The van der Waals surface area contributed by atoms with Crippen LogP contribution in [-0.4, -0.2) is 78.3 Å². The number of hydrogen-bond donors (Lipinski definition) is 2. The number of aliphatic hydroxyl groups excluding tert-OH is 1. The molecular formula is C19H32ClN3O4. The van der Waals surface area contributed by atoms with Crippen molar-refractivity contribution < 1.29 is 19.4 Å². The number of carbonyl (C=O) groups is 2. The van der Waals surface area contributed by atoms with Gasteiger partial charge in [0.1, 0.15) is 0 Å². The topological polar surface area (TPSA) is 96.1 Å². The third kappa shape index (κ3) is 3.59. The van der Waals surface area contributed by atoms with Gasteiger partial charge in [-0.25, -0.2) is 0 Å². The zero-order valence-corrected chi connectivity index (χ0v) is 16.7. The first-order valence-electron chi connectivity index (χ1n) is 10.0. The van der Waals surface area contributed by atoms with Crippen molar-refractivity contribution in [2.75, 3.05) is 46.0 Å². The van der Waals surface area contributed by atoms with Crippen LogP contribution in [0.2, 0.25) is 0 Å². The number of nitrogens with two attached hydrogens (primary N) is 1. The SMILES string of the molecule is Cl.NC1(C(=O)N2CC3CN(C(=O)C4CCOCC4)CC3(CO)C2)CCCC1. The van der Waals surface area contributed by atoms with E-state index in [2.05, 4.69) is 0 Å². The molecule has 0 aromatic rings. The third-order valence-corrected chi connectivity index (χ3v) is 7.17. The molecule has 3 heterocycles. The third-order valence-electron chi connectivity index (χ3n) is 7.17. The molecule has 3 N–H and O–H groups in total. The molecule has 0 radical (unpaired) electrons. The highest BCUT2D eigenvalue weighted by molar-refractivity contribution is 5.87. The van der Waals surface area contributed by atoms with Crippen molar-refractivity contribution in [3.63, 3.8) is 0 Å². The molecule has 3 saturated heterocycles. The molecular weight excluding hydrogens is 370 g/mol. The Morgan fingerprint density at radius 1 is 1.07 bits per heavy atom. The molecule has 154 valence electrons. The van der Waals surface area contributed by atoms with Gasteiger partial charge in [0, 0.05) is 56.6 Å². The van der Waals surface area contributed by atoms with Crippen LogP contribution in [0.5, 0.6) is 0 Å². The lowest BCUT2D eigenvalue weighted by Gasteiger charge is -2.33. The maximum absolute atomic E-state index is 12.9. The Bertz CT molecular complexity index is 577. The molecule has 0 aromatic carbocycles. The Labute approximate surface area is 167 Å². The fourth-order valence-electron chi connectivity index (χ4n) is 5.46. The molecule has 3 aliphatic heterocycles. The largest absolute Gasteiger partial charge is 0.396 e. The second-order valence-corrected chi connectivity index (χ2v) is 8.87. The fourth-order valence-corrected chi connectivity index (χ4v) is 5.46. The number of fused-ring (bicyclic) bond motifs is 1. The van der Waals surface area contributed by atoms with Crippen LogP contribution >= 0.6 is 12.4 Å². The van der Waals surface area contributed by atoms with Gasteiger partial charge in [-0.2, -0.15) is 0 Å². The first-order chi connectivity index (χ1) is 12.5. The van der Waals surface area contributed by atoms with Crippen LogP contribution in [0, 0.1) is 17.3 Å². The Morgan fingerprint density at radius 2 is 1.67 bits per heavy atom.